The van der Waals surface area contributed by atoms with E-state index in [0.29, 0.717) is 16.8 Å². The highest BCUT2D eigenvalue weighted by Gasteiger charge is 2.16. The van der Waals surface area contributed by atoms with E-state index in [1.807, 2.05) is 30.3 Å². The number of nitro benzene ring substituents is 1. The highest BCUT2D eigenvalue weighted by atomic mass is 16.6. The monoisotopic (exact) mass is 331 g/mol. The first-order valence-electron chi connectivity index (χ1n) is 7.43. The molecule has 0 aliphatic heterocycles. The van der Waals surface area contributed by atoms with Crippen LogP contribution in [0.4, 0.5) is 5.69 Å². The SMILES string of the molecule is COc1nc(-c2ccccc2)cc(-c2ccc([N+](=O)[O-])cc2)c1C#N. The van der Waals surface area contributed by atoms with Gasteiger partial charge in [0, 0.05) is 23.3 Å². The van der Waals surface area contributed by atoms with Gasteiger partial charge in [0.2, 0.25) is 5.88 Å². The Balaban J connectivity index is 2.20. The van der Waals surface area contributed by atoms with Gasteiger partial charge in [-0.3, -0.25) is 10.1 Å². The molecule has 1 aromatic heterocycles. The van der Waals surface area contributed by atoms with Gasteiger partial charge in [0.25, 0.3) is 5.69 Å². The lowest BCUT2D eigenvalue weighted by molar-refractivity contribution is -0.384. The smallest absolute Gasteiger partial charge is 0.269 e. The van der Waals surface area contributed by atoms with E-state index < -0.39 is 4.92 Å². The van der Waals surface area contributed by atoms with Crippen molar-refractivity contribution in [2.24, 2.45) is 0 Å². The maximum atomic E-state index is 10.8. The molecule has 0 amide bonds. The third-order valence-corrected chi connectivity index (χ3v) is 3.75. The van der Waals surface area contributed by atoms with E-state index in [0.717, 1.165) is 5.56 Å². The van der Waals surface area contributed by atoms with Crippen molar-refractivity contribution in [3.05, 3.63) is 76.3 Å². The fraction of sp³-hybridized carbons (Fsp3) is 0.0526. The molecular formula is C19H13N3O3. The molecule has 0 N–H and O–H groups in total. The Bertz CT molecular complexity index is 962. The van der Waals surface area contributed by atoms with Crippen LogP contribution in [0.5, 0.6) is 5.88 Å². The summed E-state index contributed by atoms with van der Waals surface area (Å²) >= 11 is 0. The van der Waals surface area contributed by atoms with Crippen molar-refractivity contribution in [1.82, 2.24) is 4.98 Å². The number of benzene rings is 2. The van der Waals surface area contributed by atoms with Crippen molar-refractivity contribution in [3.63, 3.8) is 0 Å². The van der Waals surface area contributed by atoms with E-state index in [-0.39, 0.29) is 17.1 Å². The summed E-state index contributed by atoms with van der Waals surface area (Å²) in [7, 11) is 1.46. The highest BCUT2D eigenvalue weighted by molar-refractivity contribution is 5.78. The number of non-ortho nitro benzene ring substituents is 1. The van der Waals surface area contributed by atoms with Gasteiger partial charge in [-0.25, -0.2) is 4.98 Å². The number of nitrogens with zero attached hydrogens (tertiary/aromatic N) is 3. The minimum Gasteiger partial charge on any atom is -0.480 e. The van der Waals surface area contributed by atoms with E-state index in [2.05, 4.69) is 11.1 Å². The summed E-state index contributed by atoms with van der Waals surface area (Å²) in [6.45, 7) is 0. The standard InChI is InChI=1S/C19H13N3O3/c1-25-19-17(12-20)16(13-7-9-15(10-8-13)22(23)24)11-18(21-19)14-5-3-2-4-6-14/h2-11H,1H3. The maximum Gasteiger partial charge on any atom is 0.269 e. The normalized spacial score (nSPS) is 10.1. The van der Waals surface area contributed by atoms with Gasteiger partial charge >= 0.3 is 0 Å². The molecule has 2 aromatic carbocycles. The second-order valence-corrected chi connectivity index (χ2v) is 5.22. The van der Waals surface area contributed by atoms with Gasteiger partial charge in [-0.2, -0.15) is 5.26 Å². The minimum absolute atomic E-state index is 0.00781. The number of aromatic nitrogens is 1. The van der Waals surface area contributed by atoms with E-state index in [4.69, 9.17) is 4.74 Å². The van der Waals surface area contributed by atoms with Gasteiger partial charge in [0.1, 0.15) is 11.6 Å². The lowest BCUT2D eigenvalue weighted by Gasteiger charge is -2.11. The summed E-state index contributed by atoms with van der Waals surface area (Å²) in [6, 6.07) is 19.5. The van der Waals surface area contributed by atoms with Crippen LogP contribution in [-0.4, -0.2) is 17.0 Å². The first-order chi connectivity index (χ1) is 12.1. The number of rotatable bonds is 4. The first kappa shape index (κ1) is 16.1. The molecule has 25 heavy (non-hydrogen) atoms. The predicted molar refractivity (Wildman–Crippen MR) is 93.0 cm³/mol. The second-order valence-electron chi connectivity index (χ2n) is 5.22. The van der Waals surface area contributed by atoms with Crippen LogP contribution in [0, 0.1) is 21.4 Å². The molecule has 0 saturated carbocycles. The molecule has 6 heteroatoms. The molecule has 0 unspecified atom stereocenters. The molecule has 0 spiro atoms. The molecular weight excluding hydrogens is 318 g/mol. The first-order valence-corrected chi connectivity index (χ1v) is 7.43. The van der Waals surface area contributed by atoms with Gasteiger partial charge in [-0.15, -0.1) is 0 Å². The van der Waals surface area contributed by atoms with Crippen LogP contribution in [0.1, 0.15) is 5.56 Å². The van der Waals surface area contributed by atoms with Gasteiger partial charge in [-0.05, 0) is 23.8 Å². The Kier molecular flexibility index (Phi) is 4.40. The van der Waals surface area contributed by atoms with Crippen LogP contribution in [0.3, 0.4) is 0 Å². The third-order valence-electron chi connectivity index (χ3n) is 3.75. The molecule has 0 atom stereocenters. The number of pyridine rings is 1. The lowest BCUT2D eigenvalue weighted by atomic mass is 9.98. The average molecular weight is 331 g/mol. The summed E-state index contributed by atoms with van der Waals surface area (Å²) in [5.41, 5.74) is 3.11. The molecule has 6 nitrogen and oxygen atoms in total. The fourth-order valence-corrected chi connectivity index (χ4v) is 2.52. The molecule has 1 heterocycles. The number of nitro groups is 1. The largest absolute Gasteiger partial charge is 0.480 e. The quantitative estimate of drug-likeness (QED) is 0.528. The summed E-state index contributed by atoms with van der Waals surface area (Å²) in [6.07, 6.45) is 0. The Labute approximate surface area is 144 Å². The van der Waals surface area contributed by atoms with Gasteiger partial charge < -0.3 is 4.74 Å². The topological polar surface area (TPSA) is 89.1 Å². The molecule has 0 saturated heterocycles. The fourth-order valence-electron chi connectivity index (χ4n) is 2.52. The summed E-state index contributed by atoms with van der Waals surface area (Å²) < 4.78 is 5.28. The molecule has 3 rings (SSSR count). The van der Waals surface area contributed by atoms with E-state index in [1.54, 1.807) is 18.2 Å². The maximum absolute atomic E-state index is 10.8. The molecule has 0 radical (unpaired) electrons. The van der Waals surface area contributed by atoms with Crippen molar-refractivity contribution in [1.29, 1.82) is 5.26 Å². The number of hydrogen-bond acceptors (Lipinski definition) is 5. The molecule has 0 fully saturated rings. The molecule has 0 aliphatic carbocycles. The van der Waals surface area contributed by atoms with E-state index in [1.165, 1.54) is 19.2 Å². The number of nitriles is 1. The summed E-state index contributed by atoms with van der Waals surface area (Å²) in [5.74, 6) is 0.220. The number of methoxy groups -OCH3 is 1. The highest BCUT2D eigenvalue weighted by Crippen LogP contribution is 2.33. The Morgan fingerprint density at radius 1 is 1.08 bits per heavy atom. The third kappa shape index (κ3) is 3.16. The molecule has 0 bridgehead atoms. The zero-order chi connectivity index (χ0) is 17.8. The van der Waals surface area contributed by atoms with Crippen molar-refractivity contribution in [3.8, 4) is 34.3 Å². The second kappa shape index (κ2) is 6.81. The number of hydrogen-bond donors (Lipinski definition) is 0. The summed E-state index contributed by atoms with van der Waals surface area (Å²) in [5, 5.41) is 20.4. The van der Waals surface area contributed by atoms with E-state index >= 15 is 0 Å². The van der Waals surface area contributed by atoms with Crippen molar-refractivity contribution >= 4 is 5.69 Å². The van der Waals surface area contributed by atoms with Crippen LogP contribution in [0.25, 0.3) is 22.4 Å². The Morgan fingerprint density at radius 2 is 1.76 bits per heavy atom. The summed E-state index contributed by atoms with van der Waals surface area (Å²) in [4.78, 5) is 14.8. The van der Waals surface area contributed by atoms with Crippen LogP contribution in [0.15, 0.2) is 60.7 Å². The minimum atomic E-state index is -0.461. The van der Waals surface area contributed by atoms with Crippen LogP contribution < -0.4 is 4.74 Å². The molecule has 3 aromatic rings. The Morgan fingerprint density at radius 3 is 2.32 bits per heavy atom. The predicted octanol–water partition coefficient (Wildman–Crippen LogP) is 4.20. The van der Waals surface area contributed by atoms with Gasteiger partial charge in [0.15, 0.2) is 0 Å². The lowest BCUT2D eigenvalue weighted by Crippen LogP contribution is -1.98. The van der Waals surface area contributed by atoms with Gasteiger partial charge in [0.05, 0.1) is 17.7 Å². The van der Waals surface area contributed by atoms with E-state index in [9.17, 15) is 15.4 Å². The van der Waals surface area contributed by atoms with Crippen LogP contribution in [-0.2, 0) is 0 Å². The van der Waals surface area contributed by atoms with Crippen LogP contribution >= 0.6 is 0 Å². The zero-order valence-corrected chi connectivity index (χ0v) is 13.3. The van der Waals surface area contributed by atoms with Gasteiger partial charge in [-0.1, -0.05) is 30.3 Å². The van der Waals surface area contributed by atoms with Crippen molar-refractivity contribution < 1.29 is 9.66 Å². The molecule has 122 valence electrons. The van der Waals surface area contributed by atoms with Crippen molar-refractivity contribution in [2.45, 2.75) is 0 Å². The average Bonchev–Trinajstić information content (AvgIpc) is 2.67. The molecule has 0 aliphatic rings. The number of ether oxygens (including phenoxy) is 1. The Hall–Kier alpha value is -3.72. The van der Waals surface area contributed by atoms with Crippen LogP contribution in [0.2, 0.25) is 0 Å². The zero-order valence-electron chi connectivity index (χ0n) is 13.3. The van der Waals surface area contributed by atoms with Crippen molar-refractivity contribution in [2.75, 3.05) is 7.11 Å².